The lowest BCUT2D eigenvalue weighted by atomic mass is 10.1. The number of carbonyl (C=O) groups excluding carboxylic acids is 1. The lowest BCUT2D eigenvalue weighted by Gasteiger charge is -2.09. The summed E-state index contributed by atoms with van der Waals surface area (Å²) in [5.41, 5.74) is 1.14. The van der Waals surface area contributed by atoms with E-state index < -0.39 is 34.1 Å². The molecule has 1 aliphatic heterocycles. The van der Waals surface area contributed by atoms with Crippen molar-refractivity contribution >= 4 is 22.4 Å². The first-order valence-electron chi connectivity index (χ1n) is 10.9. The first-order valence-corrected chi connectivity index (χ1v) is 12.1. The fourth-order valence-corrected chi connectivity index (χ4v) is 4.06. The topological polar surface area (TPSA) is 149 Å². The van der Waals surface area contributed by atoms with E-state index in [1.165, 1.54) is 38.3 Å². The molecule has 36 heavy (non-hydrogen) atoms. The number of benzene rings is 1. The summed E-state index contributed by atoms with van der Waals surface area (Å²) in [6.45, 7) is 3.21. The number of nitrogens with one attached hydrogen (secondary N) is 1. The van der Waals surface area contributed by atoms with Crippen LogP contribution in [0.5, 0.6) is 5.75 Å². The number of nitrogens with zero attached hydrogens (tertiary/aromatic N) is 5. The summed E-state index contributed by atoms with van der Waals surface area (Å²) in [5, 5.41) is 24.4. The van der Waals surface area contributed by atoms with Gasteiger partial charge >= 0.3 is 0 Å². The van der Waals surface area contributed by atoms with E-state index in [1.54, 1.807) is 19.1 Å². The van der Waals surface area contributed by atoms with Crippen LogP contribution in [0.4, 0.5) is 4.39 Å². The Bertz CT molecular complexity index is 1340. The Balaban J connectivity index is 1.43. The minimum atomic E-state index is -1.67. The molecule has 0 saturated heterocycles. The molecule has 1 aliphatic rings. The summed E-state index contributed by atoms with van der Waals surface area (Å²) < 4.78 is 30.5. The van der Waals surface area contributed by atoms with Gasteiger partial charge in [-0.2, -0.15) is 5.10 Å². The average Bonchev–Trinajstić information content (AvgIpc) is 3.37. The molecule has 0 bridgehead atoms. The van der Waals surface area contributed by atoms with E-state index in [1.807, 2.05) is 0 Å². The Kier molecular flexibility index (Phi) is 7.60. The molecule has 13 heteroatoms. The van der Waals surface area contributed by atoms with Gasteiger partial charge in [-0.15, -0.1) is 5.10 Å². The lowest BCUT2D eigenvalue weighted by Crippen LogP contribution is -2.25. The maximum Gasteiger partial charge on any atom is 0.270 e. The second-order valence-corrected chi connectivity index (χ2v) is 9.56. The van der Waals surface area contributed by atoms with Gasteiger partial charge in [0.1, 0.15) is 39.2 Å². The number of rotatable bonds is 8. The van der Waals surface area contributed by atoms with Crippen LogP contribution in [0.3, 0.4) is 0 Å². The van der Waals surface area contributed by atoms with Crippen molar-refractivity contribution in [1.29, 1.82) is 0 Å². The Hall–Kier alpha value is -3.84. The van der Waals surface area contributed by atoms with Crippen molar-refractivity contribution in [3.63, 3.8) is 0 Å². The van der Waals surface area contributed by atoms with Crippen molar-refractivity contribution in [2.24, 2.45) is 5.16 Å². The molecule has 188 valence electrons. The van der Waals surface area contributed by atoms with Gasteiger partial charge in [0, 0.05) is 13.0 Å². The number of hydrogen-bond acceptors (Lipinski definition) is 10. The first kappa shape index (κ1) is 25.3. The van der Waals surface area contributed by atoms with E-state index >= 15 is 0 Å². The third kappa shape index (κ3) is 5.69. The monoisotopic (exact) mass is 514 g/mol. The third-order valence-electron chi connectivity index (χ3n) is 5.21. The molecule has 3 heterocycles. The maximum atomic E-state index is 13.6. The Morgan fingerprint density at radius 1 is 1.28 bits per heavy atom. The van der Waals surface area contributed by atoms with Crippen LogP contribution >= 0.6 is 0 Å². The van der Waals surface area contributed by atoms with Crippen LogP contribution in [0.15, 0.2) is 46.6 Å². The minimum Gasteiger partial charge on any atom is -0.494 e. The first-order chi connectivity index (χ1) is 17.2. The molecule has 4 rings (SSSR count). The van der Waals surface area contributed by atoms with Crippen LogP contribution in [0.1, 0.15) is 52.7 Å². The molecule has 0 fully saturated rings. The zero-order valence-corrected chi connectivity index (χ0v) is 20.5. The molecule has 2 aromatic heterocycles. The van der Waals surface area contributed by atoms with E-state index in [0.717, 1.165) is 0 Å². The SMILES string of the molecule is COc1cc(CNC(=O)c2cc(C3=NOC(c4ccc(S(=O)C(C)O)nn4)C3)nc(C)n2)ccc1F. The van der Waals surface area contributed by atoms with Crippen LogP contribution in [0.25, 0.3) is 0 Å². The van der Waals surface area contributed by atoms with Crippen LogP contribution < -0.4 is 10.1 Å². The van der Waals surface area contributed by atoms with Gasteiger partial charge in [0.15, 0.2) is 22.7 Å². The van der Waals surface area contributed by atoms with Gasteiger partial charge in [0.05, 0.1) is 12.8 Å². The molecule has 11 nitrogen and oxygen atoms in total. The summed E-state index contributed by atoms with van der Waals surface area (Å²) in [6, 6.07) is 8.97. The number of hydrogen-bond donors (Lipinski definition) is 2. The predicted molar refractivity (Wildman–Crippen MR) is 126 cm³/mol. The van der Waals surface area contributed by atoms with Crippen molar-refractivity contribution in [2.45, 2.75) is 43.4 Å². The molecule has 0 radical (unpaired) electrons. The van der Waals surface area contributed by atoms with Crippen LogP contribution in [0.2, 0.25) is 0 Å². The highest BCUT2D eigenvalue weighted by Crippen LogP contribution is 2.28. The highest BCUT2D eigenvalue weighted by molar-refractivity contribution is 7.85. The molecule has 1 amide bonds. The standard InChI is InChI=1S/C23H23FN6O5S/c1-12-26-17(9-19(27-12)23(32)25-11-14-4-5-15(24)20(8-14)34-3)18-10-21(35-30-18)16-6-7-22(29-28-16)36(33)13(2)31/h4-9,13,21,31H,10-11H2,1-3H3,(H,25,32). The van der Waals surface area contributed by atoms with E-state index in [0.29, 0.717) is 34.9 Å². The quantitative estimate of drug-likeness (QED) is 0.460. The largest absolute Gasteiger partial charge is 0.494 e. The number of amides is 1. The van der Waals surface area contributed by atoms with E-state index in [2.05, 4.69) is 30.6 Å². The maximum absolute atomic E-state index is 13.6. The van der Waals surface area contributed by atoms with E-state index in [4.69, 9.17) is 9.57 Å². The number of aliphatic hydroxyl groups is 1. The van der Waals surface area contributed by atoms with Gasteiger partial charge in [-0.25, -0.2) is 18.6 Å². The number of methoxy groups -OCH3 is 1. The number of oxime groups is 1. The zero-order chi connectivity index (χ0) is 25.8. The number of aryl methyl sites for hydroxylation is 1. The smallest absolute Gasteiger partial charge is 0.270 e. The number of aliphatic hydroxyl groups excluding tert-OH is 1. The van der Waals surface area contributed by atoms with Crippen molar-refractivity contribution in [3.8, 4) is 5.75 Å². The van der Waals surface area contributed by atoms with Gasteiger partial charge in [0.25, 0.3) is 5.91 Å². The van der Waals surface area contributed by atoms with Crippen LogP contribution in [-0.4, -0.2) is 53.6 Å². The number of halogens is 1. The number of aromatic nitrogens is 4. The molecule has 3 unspecified atom stereocenters. The van der Waals surface area contributed by atoms with Crippen molar-refractivity contribution in [2.75, 3.05) is 7.11 Å². The Morgan fingerprint density at radius 2 is 2.08 bits per heavy atom. The molecule has 0 spiro atoms. The fraction of sp³-hybridized carbons (Fsp3) is 0.304. The fourth-order valence-electron chi connectivity index (χ4n) is 3.39. The van der Waals surface area contributed by atoms with Crippen LogP contribution in [-0.2, 0) is 22.2 Å². The molecule has 3 aromatic rings. The molecule has 0 aliphatic carbocycles. The normalized spacial score (nSPS) is 16.6. The summed E-state index contributed by atoms with van der Waals surface area (Å²) in [6.07, 6.45) is -0.219. The third-order valence-corrected chi connectivity index (χ3v) is 6.46. The highest BCUT2D eigenvalue weighted by Gasteiger charge is 2.27. The number of carbonyl (C=O) groups is 1. The highest BCUT2D eigenvalue weighted by atomic mass is 32.2. The summed E-state index contributed by atoms with van der Waals surface area (Å²) in [5.74, 6) is -0.463. The summed E-state index contributed by atoms with van der Waals surface area (Å²) in [4.78, 5) is 26.8. The molecule has 2 N–H and O–H groups in total. The number of ether oxygens (including phenoxy) is 1. The Morgan fingerprint density at radius 3 is 2.78 bits per heavy atom. The van der Waals surface area contributed by atoms with Gasteiger partial charge in [-0.3, -0.25) is 4.79 Å². The predicted octanol–water partition coefficient (Wildman–Crippen LogP) is 1.96. The van der Waals surface area contributed by atoms with Gasteiger partial charge in [-0.1, -0.05) is 11.2 Å². The Labute approximate surface area is 208 Å². The van der Waals surface area contributed by atoms with Crippen molar-refractivity contribution in [1.82, 2.24) is 25.5 Å². The summed E-state index contributed by atoms with van der Waals surface area (Å²) >= 11 is 0. The average molecular weight is 515 g/mol. The van der Waals surface area contributed by atoms with Gasteiger partial charge in [-0.05, 0) is 49.7 Å². The van der Waals surface area contributed by atoms with E-state index in [9.17, 15) is 18.5 Å². The van der Waals surface area contributed by atoms with Crippen molar-refractivity contribution in [3.05, 3.63) is 70.7 Å². The molecular weight excluding hydrogens is 491 g/mol. The second-order valence-electron chi connectivity index (χ2n) is 7.87. The molecule has 1 aromatic carbocycles. The van der Waals surface area contributed by atoms with Crippen molar-refractivity contribution < 1.29 is 28.1 Å². The second kappa shape index (κ2) is 10.8. The van der Waals surface area contributed by atoms with Crippen LogP contribution in [0, 0.1) is 12.7 Å². The van der Waals surface area contributed by atoms with Gasteiger partial charge < -0.3 is 20.0 Å². The van der Waals surface area contributed by atoms with Gasteiger partial charge in [0.2, 0.25) is 0 Å². The summed E-state index contributed by atoms with van der Waals surface area (Å²) in [7, 11) is -0.305. The molecule has 0 saturated carbocycles. The lowest BCUT2D eigenvalue weighted by molar-refractivity contribution is 0.0817. The van der Waals surface area contributed by atoms with E-state index in [-0.39, 0.29) is 23.0 Å². The molecule has 3 atom stereocenters. The minimum absolute atomic E-state index is 0.0891. The zero-order valence-electron chi connectivity index (χ0n) is 19.6. The molecular formula is C23H23FN6O5S.